The molecule has 1 N–H and O–H groups in total. The average molecular weight is 342 g/mol. The fourth-order valence-corrected chi connectivity index (χ4v) is 2.58. The SMILES string of the molecule is Cc1ccc(C(Oc2ccc(Cl)cc2-n2cccc2)C(=O)O)cc1. The molecule has 122 valence electrons. The number of hydrogen-bond donors (Lipinski definition) is 1. The molecule has 5 heteroatoms. The van der Waals surface area contributed by atoms with Crippen molar-refractivity contribution in [2.45, 2.75) is 13.0 Å². The van der Waals surface area contributed by atoms with Crippen LogP contribution in [0.5, 0.6) is 5.75 Å². The maximum Gasteiger partial charge on any atom is 0.349 e. The van der Waals surface area contributed by atoms with Crippen molar-refractivity contribution in [1.29, 1.82) is 0 Å². The number of aliphatic carboxylic acids is 1. The van der Waals surface area contributed by atoms with Crippen LogP contribution in [0, 0.1) is 6.92 Å². The van der Waals surface area contributed by atoms with Gasteiger partial charge >= 0.3 is 5.97 Å². The highest BCUT2D eigenvalue weighted by atomic mass is 35.5. The Morgan fingerprint density at radius 3 is 2.42 bits per heavy atom. The normalized spacial score (nSPS) is 11.9. The van der Waals surface area contributed by atoms with Crippen LogP contribution in [0.4, 0.5) is 0 Å². The van der Waals surface area contributed by atoms with Crippen molar-refractivity contribution >= 4 is 17.6 Å². The molecule has 0 spiro atoms. The van der Waals surface area contributed by atoms with E-state index >= 15 is 0 Å². The maximum absolute atomic E-state index is 11.7. The second kappa shape index (κ2) is 6.81. The molecule has 0 amide bonds. The van der Waals surface area contributed by atoms with Crippen molar-refractivity contribution in [2.24, 2.45) is 0 Å². The number of carboxylic acid groups (broad SMARTS) is 1. The first-order valence-electron chi connectivity index (χ1n) is 7.43. The van der Waals surface area contributed by atoms with Crippen LogP contribution in [0.2, 0.25) is 5.02 Å². The van der Waals surface area contributed by atoms with Gasteiger partial charge in [0.1, 0.15) is 5.75 Å². The van der Waals surface area contributed by atoms with Crippen molar-refractivity contribution in [3.05, 3.63) is 83.1 Å². The molecule has 1 atom stereocenters. The fourth-order valence-electron chi connectivity index (χ4n) is 2.42. The number of rotatable bonds is 5. The van der Waals surface area contributed by atoms with Crippen molar-refractivity contribution < 1.29 is 14.6 Å². The Bertz CT molecular complexity index is 842. The van der Waals surface area contributed by atoms with Gasteiger partial charge in [-0.2, -0.15) is 0 Å². The molecule has 0 fully saturated rings. The summed E-state index contributed by atoms with van der Waals surface area (Å²) >= 11 is 6.08. The van der Waals surface area contributed by atoms with Crippen molar-refractivity contribution in [1.82, 2.24) is 4.57 Å². The van der Waals surface area contributed by atoms with E-state index in [9.17, 15) is 9.90 Å². The van der Waals surface area contributed by atoms with Gasteiger partial charge in [-0.15, -0.1) is 0 Å². The van der Waals surface area contributed by atoms with Crippen LogP contribution in [-0.2, 0) is 4.79 Å². The quantitative estimate of drug-likeness (QED) is 0.735. The molecule has 0 aliphatic carbocycles. The third kappa shape index (κ3) is 3.44. The third-order valence-corrected chi connectivity index (χ3v) is 3.89. The first-order chi connectivity index (χ1) is 11.5. The molecule has 2 aromatic carbocycles. The van der Waals surface area contributed by atoms with Crippen LogP contribution >= 0.6 is 11.6 Å². The van der Waals surface area contributed by atoms with Gasteiger partial charge in [0.05, 0.1) is 5.69 Å². The van der Waals surface area contributed by atoms with Gasteiger partial charge in [0.15, 0.2) is 0 Å². The number of hydrogen-bond acceptors (Lipinski definition) is 2. The largest absolute Gasteiger partial charge is 0.478 e. The van der Waals surface area contributed by atoms with Gasteiger partial charge in [0.2, 0.25) is 6.10 Å². The predicted molar refractivity (Wildman–Crippen MR) is 93.0 cm³/mol. The van der Waals surface area contributed by atoms with Gasteiger partial charge in [-0.25, -0.2) is 4.79 Å². The summed E-state index contributed by atoms with van der Waals surface area (Å²) < 4.78 is 7.66. The zero-order valence-electron chi connectivity index (χ0n) is 13.0. The summed E-state index contributed by atoms with van der Waals surface area (Å²) in [7, 11) is 0. The maximum atomic E-state index is 11.7. The van der Waals surface area contributed by atoms with Gasteiger partial charge in [-0.3, -0.25) is 0 Å². The monoisotopic (exact) mass is 341 g/mol. The summed E-state index contributed by atoms with van der Waals surface area (Å²) in [5.74, 6) is -0.601. The van der Waals surface area contributed by atoms with E-state index in [1.165, 1.54) is 0 Å². The molecule has 0 aliphatic heterocycles. The van der Waals surface area contributed by atoms with Crippen LogP contribution in [0.3, 0.4) is 0 Å². The number of ether oxygens (including phenoxy) is 1. The van der Waals surface area contributed by atoms with Crippen LogP contribution in [-0.4, -0.2) is 15.6 Å². The van der Waals surface area contributed by atoms with Gasteiger partial charge in [0.25, 0.3) is 0 Å². The topological polar surface area (TPSA) is 51.5 Å². The van der Waals surface area contributed by atoms with Gasteiger partial charge in [-0.05, 0) is 37.3 Å². The van der Waals surface area contributed by atoms with E-state index < -0.39 is 12.1 Å². The fraction of sp³-hybridized carbons (Fsp3) is 0.105. The lowest BCUT2D eigenvalue weighted by Gasteiger charge is -2.19. The molecule has 4 nitrogen and oxygen atoms in total. The summed E-state index contributed by atoms with van der Waals surface area (Å²) in [6, 6.07) is 16.1. The minimum absolute atomic E-state index is 0.448. The summed E-state index contributed by atoms with van der Waals surface area (Å²) in [5.41, 5.74) is 2.33. The summed E-state index contributed by atoms with van der Waals surface area (Å²) in [4.78, 5) is 11.7. The van der Waals surface area contributed by atoms with Crippen LogP contribution < -0.4 is 4.74 Å². The summed E-state index contributed by atoms with van der Waals surface area (Å²) in [6.45, 7) is 1.95. The molecule has 1 heterocycles. The molecule has 0 bridgehead atoms. The van der Waals surface area contributed by atoms with Gasteiger partial charge < -0.3 is 14.4 Å². The van der Waals surface area contributed by atoms with Crippen molar-refractivity contribution in [3.63, 3.8) is 0 Å². The summed E-state index contributed by atoms with van der Waals surface area (Å²) in [6.07, 6.45) is 2.60. The second-order valence-corrected chi connectivity index (χ2v) is 5.89. The third-order valence-electron chi connectivity index (χ3n) is 3.65. The molecular weight excluding hydrogens is 326 g/mol. The lowest BCUT2D eigenvalue weighted by Crippen LogP contribution is -2.19. The Morgan fingerprint density at radius 2 is 1.79 bits per heavy atom. The standard InChI is InChI=1S/C19H16ClNO3/c1-13-4-6-14(7-5-13)18(19(22)23)24-17-9-8-15(20)12-16(17)21-10-2-3-11-21/h2-12,18H,1H3,(H,22,23). The molecule has 0 saturated heterocycles. The van der Waals surface area contributed by atoms with E-state index in [1.54, 1.807) is 30.3 Å². The number of aromatic nitrogens is 1. The Morgan fingerprint density at radius 1 is 1.12 bits per heavy atom. The minimum atomic E-state index is -1.10. The molecule has 1 unspecified atom stereocenters. The Hall–Kier alpha value is -2.72. The average Bonchev–Trinajstić information content (AvgIpc) is 3.09. The zero-order chi connectivity index (χ0) is 17.1. The van der Waals surface area contributed by atoms with Crippen molar-refractivity contribution in [3.8, 4) is 11.4 Å². The van der Waals surface area contributed by atoms with Crippen LogP contribution in [0.15, 0.2) is 67.0 Å². The first-order valence-corrected chi connectivity index (χ1v) is 7.81. The smallest absolute Gasteiger partial charge is 0.349 e. The molecular formula is C19H16ClNO3. The first kappa shape index (κ1) is 16.1. The highest BCUT2D eigenvalue weighted by Crippen LogP contribution is 2.31. The highest BCUT2D eigenvalue weighted by Gasteiger charge is 2.23. The highest BCUT2D eigenvalue weighted by molar-refractivity contribution is 6.30. The van der Waals surface area contributed by atoms with E-state index in [0.717, 1.165) is 5.56 Å². The zero-order valence-corrected chi connectivity index (χ0v) is 13.8. The number of carboxylic acids is 1. The molecule has 1 aromatic heterocycles. The molecule has 3 aromatic rings. The lowest BCUT2D eigenvalue weighted by atomic mass is 10.1. The number of carbonyl (C=O) groups is 1. The number of aryl methyl sites for hydroxylation is 1. The Kier molecular flexibility index (Phi) is 4.58. The minimum Gasteiger partial charge on any atom is -0.478 e. The predicted octanol–water partition coefficient (Wildman–Crippen LogP) is 4.64. The van der Waals surface area contributed by atoms with Crippen molar-refractivity contribution in [2.75, 3.05) is 0 Å². The molecule has 0 saturated carbocycles. The van der Waals surface area contributed by atoms with E-state index in [2.05, 4.69) is 0 Å². The van der Waals surface area contributed by atoms with E-state index in [0.29, 0.717) is 22.0 Å². The second-order valence-electron chi connectivity index (χ2n) is 5.45. The van der Waals surface area contributed by atoms with E-state index in [1.807, 2.05) is 48.1 Å². The van der Waals surface area contributed by atoms with Crippen LogP contribution in [0.25, 0.3) is 5.69 Å². The van der Waals surface area contributed by atoms with Gasteiger partial charge in [-0.1, -0.05) is 41.4 Å². The number of nitrogens with zero attached hydrogens (tertiary/aromatic N) is 1. The Labute approximate surface area is 144 Å². The molecule has 3 rings (SSSR count). The van der Waals surface area contributed by atoms with E-state index in [-0.39, 0.29) is 0 Å². The molecule has 24 heavy (non-hydrogen) atoms. The van der Waals surface area contributed by atoms with E-state index in [4.69, 9.17) is 16.3 Å². The number of halogens is 1. The number of benzene rings is 2. The lowest BCUT2D eigenvalue weighted by molar-refractivity contribution is -0.145. The Balaban J connectivity index is 1.99. The summed E-state index contributed by atoms with van der Waals surface area (Å²) in [5, 5.41) is 10.1. The van der Waals surface area contributed by atoms with Crippen LogP contribution in [0.1, 0.15) is 17.2 Å². The van der Waals surface area contributed by atoms with Gasteiger partial charge in [0, 0.05) is 23.0 Å². The molecule has 0 aliphatic rings. The molecule has 0 radical (unpaired) electrons.